The first-order valence-corrected chi connectivity index (χ1v) is 6.34. The Morgan fingerprint density at radius 1 is 0.700 bits per heavy atom. The fourth-order valence-electron chi connectivity index (χ4n) is 2.61. The normalized spacial score (nSPS) is 13.2. The number of ketones is 2. The van der Waals surface area contributed by atoms with E-state index < -0.39 is 0 Å². The fraction of sp³-hybridized carbons (Fsp3) is 0. The van der Waals surface area contributed by atoms with Crippen LogP contribution in [0.2, 0.25) is 0 Å². The Bertz CT molecular complexity index is 823. The number of rotatable bonds is 0. The highest BCUT2D eigenvalue weighted by Crippen LogP contribution is 2.28. The van der Waals surface area contributed by atoms with Gasteiger partial charge in [-0.1, -0.05) is 42.5 Å². The number of hydrogen-bond acceptors (Lipinski definition) is 3. The van der Waals surface area contributed by atoms with Crippen LogP contribution >= 0.6 is 0 Å². The summed E-state index contributed by atoms with van der Waals surface area (Å²) in [7, 11) is 0. The molecular formula is C17H9NO2. The average molecular weight is 259 g/mol. The third kappa shape index (κ3) is 1.37. The number of carbonyl (C=O) groups is 2. The Morgan fingerprint density at radius 2 is 1.35 bits per heavy atom. The van der Waals surface area contributed by atoms with Crippen LogP contribution in [0.3, 0.4) is 0 Å². The molecule has 3 nitrogen and oxygen atoms in total. The van der Waals surface area contributed by atoms with Crippen LogP contribution in [0, 0.1) is 0 Å². The molecule has 0 aliphatic heterocycles. The van der Waals surface area contributed by atoms with E-state index >= 15 is 0 Å². The highest BCUT2D eigenvalue weighted by atomic mass is 16.1. The van der Waals surface area contributed by atoms with Crippen molar-refractivity contribution in [1.82, 2.24) is 4.98 Å². The maximum Gasteiger partial charge on any atom is 0.212 e. The molecule has 0 unspecified atom stereocenters. The minimum Gasteiger partial charge on any atom is -0.288 e. The Hall–Kier alpha value is -2.81. The van der Waals surface area contributed by atoms with Crippen LogP contribution in [0.15, 0.2) is 54.6 Å². The third-order valence-corrected chi connectivity index (χ3v) is 3.60. The van der Waals surface area contributed by atoms with Gasteiger partial charge in [0.15, 0.2) is 5.78 Å². The van der Waals surface area contributed by atoms with E-state index in [4.69, 9.17) is 0 Å². The number of benzene rings is 2. The number of hydrogen-bond donors (Lipinski definition) is 0. The third-order valence-electron chi connectivity index (χ3n) is 3.60. The summed E-state index contributed by atoms with van der Waals surface area (Å²) in [6, 6.07) is 16.1. The van der Waals surface area contributed by atoms with Crippen molar-refractivity contribution in [1.29, 1.82) is 0 Å². The molecule has 0 radical (unpaired) electrons. The van der Waals surface area contributed by atoms with Gasteiger partial charge in [-0.3, -0.25) is 9.59 Å². The van der Waals surface area contributed by atoms with Gasteiger partial charge >= 0.3 is 0 Å². The van der Waals surface area contributed by atoms with Gasteiger partial charge in [0.1, 0.15) is 5.69 Å². The minimum absolute atomic E-state index is 0.131. The number of para-hydroxylation sites is 1. The lowest BCUT2D eigenvalue weighted by atomic mass is 9.86. The Kier molecular flexibility index (Phi) is 2.12. The summed E-state index contributed by atoms with van der Waals surface area (Å²) in [5.74, 6) is -0.311. The number of aromatic nitrogens is 1. The quantitative estimate of drug-likeness (QED) is 0.487. The van der Waals surface area contributed by atoms with Crippen molar-refractivity contribution in [2.24, 2.45) is 0 Å². The molecule has 20 heavy (non-hydrogen) atoms. The fourth-order valence-corrected chi connectivity index (χ4v) is 2.61. The monoisotopic (exact) mass is 259 g/mol. The lowest BCUT2D eigenvalue weighted by Crippen LogP contribution is -2.22. The molecular weight excluding hydrogens is 250 g/mol. The van der Waals surface area contributed by atoms with Gasteiger partial charge in [0.25, 0.3) is 0 Å². The summed E-state index contributed by atoms with van der Waals surface area (Å²) in [5.41, 5.74) is 2.28. The lowest BCUT2D eigenvalue weighted by molar-refractivity contribution is 0.0976. The molecule has 0 saturated carbocycles. The van der Waals surface area contributed by atoms with Crippen LogP contribution in [0.5, 0.6) is 0 Å². The topological polar surface area (TPSA) is 47.0 Å². The van der Waals surface area contributed by atoms with E-state index in [9.17, 15) is 9.59 Å². The summed E-state index contributed by atoms with van der Waals surface area (Å²) in [4.78, 5) is 29.4. The lowest BCUT2D eigenvalue weighted by Gasteiger charge is -2.16. The molecule has 2 aromatic carbocycles. The molecule has 3 heteroatoms. The van der Waals surface area contributed by atoms with Gasteiger partial charge in [0.2, 0.25) is 5.78 Å². The maximum absolute atomic E-state index is 12.5. The number of fused-ring (bicyclic) bond motifs is 3. The van der Waals surface area contributed by atoms with Crippen molar-refractivity contribution in [3.63, 3.8) is 0 Å². The van der Waals surface area contributed by atoms with Crippen LogP contribution in [0.25, 0.3) is 10.9 Å². The second-order valence-corrected chi connectivity index (χ2v) is 4.78. The molecule has 0 fully saturated rings. The Morgan fingerprint density at radius 3 is 2.15 bits per heavy atom. The van der Waals surface area contributed by atoms with Crippen LogP contribution in [0.1, 0.15) is 32.0 Å². The van der Waals surface area contributed by atoms with Gasteiger partial charge in [0.05, 0.1) is 11.1 Å². The molecule has 94 valence electrons. The van der Waals surface area contributed by atoms with Gasteiger partial charge in [-0.15, -0.1) is 0 Å². The number of nitrogens with zero attached hydrogens (tertiary/aromatic N) is 1. The van der Waals surface area contributed by atoms with Crippen molar-refractivity contribution in [3.8, 4) is 0 Å². The van der Waals surface area contributed by atoms with E-state index in [0.717, 1.165) is 10.9 Å². The molecule has 4 rings (SSSR count). The van der Waals surface area contributed by atoms with E-state index in [1.807, 2.05) is 24.3 Å². The van der Waals surface area contributed by atoms with Gasteiger partial charge in [-0.05, 0) is 12.1 Å². The second kappa shape index (κ2) is 3.84. The van der Waals surface area contributed by atoms with Crippen molar-refractivity contribution < 1.29 is 9.59 Å². The van der Waals surface area contributed by atoms with E-state index in [2.05, 4.69) is 4.98 Å². The first kappa shape index (κ1) is 11.1. The Balaban J connectivity index is 2.08. The van der Waals surface area contributed by atoms with E-state index in [1.54, 1.807) is 30.3 Å². The summed E-state index contributed by atoms with van der Waals surface area (Å²) >= 11 is 0. The zero-order chi connectivity index (χ0) is 13.7. The van der Waals surface area contributed by atoms with E-state index in [-0.39, 0.29) is 17.3 Å². The van der Waals surface area contributed by atoms with Crippen molar-refractivity contribution in [2.75, 3.05) is 0 Å². The SMILES string of the molecule is O=C1c2ccccc2C(=O)c2nc3ccccc3cc21. The van der Waals surface area contributed by atoms with Crippen molar-refractivity contribution in [2.45, 2.75) is 0 Å². The predicted octanol–water partition coefficient (Wildman–Crippen LogP) is 3.01. The maximum atomic E-state index is 12.5. The molecule has 1 aliphatic carbocycles. The van der Waals surface area contributed by atoms with E-state index in [1.165, 1.54) is 0 Å². The minimum atomic E-state index is -0.180. The highest BCUT2D eigenvalue weighted by Gasteiger charge is 2.30. The smallest absolute Gasteiger partial charge is 0.212 e. The first-order valence-electron chi connectivity index (χ1n) is 6.34. The molecule has 0 amide bonds. The molecule has 0 atom stereocenters. The van der Waals surface area contributed by atoms with Gasteiger partial charge in [-0.25, -0.2) is 4.98 Å². The van der Waals surface area contributed by atoms with Gasteiger partial charge in [0, 0.05) is 16.5 Å². The van der Waals surface area contributed by atoms with Crippen LogP contribution < -0.4 is 0 Å². The molecule has 0 N–H and O–H groups in total. The molecule has 1 aromatic heterocycles. The summed E-state index contributed by atoms with van der Waals surface area (Å²) < 4.78 is 0. The van der Waals surface area contributed by atoms with Crippen LogP contribution in [0.4, 0.5) is 0 Å². The van der Waals surface area contributed by atoms with Crippen molar-refractivity contribution >= 4 is 22.5 Å². The first-order chi connectivity index (χ1) is 9.75. The van der Waals surface area contributed by atoms with Crippen LogP contribution in [-0.4, -0.2) is 16.6 Å². The predicted molar refractivity (Wildman–Crippen MR) is 75.1 cm³/mol. The van der Waals surface area contributed by atoms with Crippen LogP contribution in [-0.2, 0) is 0 Å². The summed E-state index contributed by atoms with van der Waals surface area (Å²) in [6.07, 6.45) is 0. The molecule has 1 aliphatic rings. The zero-order valence-corrected chi connectivity index (χ0v) is 10.5. The second-order valence-electron chi connectivity index (χ2n) is 4.78. The highest BCUT2D eigenvalue weighted by molar-refractivity contribution is 6.28. The molecule has 0 saturated heterocycles. The molecule has 0 bridgehead atoms. The molecule has 0 spiro atoms. The number of carbonyl (C=O) groups excluding carboxylic acids is 2. The summed E-state index contributed by atoms with van der Waals surface area (Å²) in [6.45, 7) is 0. The number of pyridine rings is 1. The van der Waals surface area contributed by atoms with Crippen molar-refractivity contribution in [3.05, 3.63) is 77.0 Å². The Labute approximate surface area is 114 Å². The zero-order valence-electron chi connectivity index (χ0n) is 10.5. The molecule has 1 heterocycles. The average Bonchev–Trinajstić information content (AvgIpc) is 2.51. The standard InChI is InChI=1S/C17H9NO2/c19-16-11-6-2-3-7-12(11)17(20)15-13(16)9-10-5-1-4-8-14(10)18-15/h1-9H. The largest absolute Gasteiger partial charge is 0.288 e. The van der Waals surface area contributed by atoms with E-state index in [0.29, 0.717) is 16.7 Å². The molecule has 3 aromatic rings. The summed E-state index contributed by atoms with van der Waals surface area (Å²) in [5, 5.41) is 0.867. The van der Waals surface area contributed by atoms with Gasteiger partial charge in [-0.2, -0.15) is 0 Å². The van der Waals surface area contributed by atoms with Gasteiger partial charge < -0.3 is 0 Å².